The Hall–Kier alpha value is -1.04. The first-order chi connectivity index (χ1) is 5.83. The molecule has 0 saturated carbocycles. The van der Waals surface area contributed by atoms with Crippen LogP contribution in [0.5, 0.6) is 0 Å². The highest BCUT2D eigenvalue weighted by Gasteiger charge is 1.91. The molecule has 0 amide bonds. The molecule has 12 heavy (non-hydrogen) atoms. The third-order valence-corrected chi connectivity index (χ3v) is 1.80. The van der Waals surface area contributed by atoms with Crippen molar-refractivity contribution in [1.29, 1.82) is 0 Å². The predicted octanol–water partition coefficient (Wildman–Crippen LogP) is 3.39. The monoisotopic (exact) mass is 159 g/mol. The van der Waals surface area contributed by atoms with E-state index in [0.29, 0.717) is 0 Å². The van der Waals surface area contributed by atoms with Gasteiger partial charge in [0.05, 0.1) is 0 Å². The van der Waals surface area contributed by atoms with Gasteiger partial charge in [-0.25, -0.2) is 0 Å². The van der Waals surface area contributed by atoms with Gasteiger partial charge in [0.15, 0.2) is 0 Å². The average Bonchev–Trinajstić information content (AvgIpc) is 2.06. The van der Waals surface area contributed by atoms with Crippen LogP contribution in [0.25, 0.3) is 0 Å². The first-order valence-corrected chi connectivity index (χ1v) is 4.44. The van der Waals surface area contributed by atoms with E-state index in [9.17, 15) is 0 Å². The van der Waals surface area contributed by atoms with Gasteiger partial charge in [-0.3, -0.25) is 0 Å². The van der Waals surface area contributed by atoms with Gasteiger partial charge in [-0.15, -0.1) is 0 Å². The van der Waals surface area contributed by atoms with E-state index in [-0.39, 0.29) is 0 Å². The van der Waals surface area contributed by atoms with Gasteiger partial charge in [0.1, 0.15) is 0 Å². The molecule has 0 unspecified atom stereocenters. The number of allylic oxidation sites excluding steroid dienone is 2. The Morgan fingerprint density at radius 2 is 2.33 bits per heavy atom. The molecule has 63 valence electrons. The summed E-state index contributed by atoms with van der Waals surface area (Å²) in [5, 5.41) is 0. The molecule has 1 rings (SSSR count). The van der Waals surface area contributed by atoms with Gasteiger partial charge in [0, 0.05) is 0 Å². The lowest BCUT2D eigenvalue weighted by Crippen LogP contribution is -1.85. The maximum atomic E-state index is 3.22. The minimum absolute atomic E-state index is 1.04. The number of hydrogen-bond acceptors (Lipinski definition) is 0. The molecule has 0 saturated heterocycles. The van der Waals surface area contributed by atoms with E-state index >= 15 is 0 Å². The molecule has 0 fully saturated rings. The summed E-state index contributed by atoms with van der Waals surface area (Å²) in [6, 6.07) is 11.4. The van der Waals surface area contributed by atoms with E-state index in [2.05, 4.69) is 38.1 Å². The Labute approximate surface area is 74.9 Å². The van der Waals surface area contributed by atoms with Gasteiger partial charge in [0.2, 0.25) is 0 Å². The standard InChI is InChI=1S/C12H15/c1-3-7-11(2)10-12-8-5-4-6-9-12/h4-8H,3,10H2,1-2H3. The van der Waals surface area contributed by atoms with Crippen molar-refractivity contribution in [1.82, 2.24) is 0 Å². The van der Waals surface area contributed by atoms with E-state index in [0.717, 1.165) is 12.8 Å². The topological polar surface area (TPSA) is 0 Å². The van der Waals surface area contributed by atoms with Crippen molar-refractivity contribution < 1.29 is 0 Å². The molecular formula is C12H15. The summed E-state index contributed by atoms with van der Waals surface area (Å²) in [7, 11) is 0. The van der Waals surface area contributed by atoms with E-state index in [1.807, 2.05) is 12.1 Å². The summed E-state index contributed by atoms with van der Waals surface area (Å²) in [5.41, 5.74) is 2.71. The maximum Gasteiger partial charge on any atom is -0.00637 e. The van der Waals surface area contributed by atoms with Crippen LogP contribution < -0.4 is 0 Å². The fraction of sp³-hybridized carbons (Fsp3) is 0.333. The summed E-state index contributed by atoms with van der Waals surface area (Å²) in [5.74, 6) is 0. The Kier molecular flexibility index (Phi) is 3.59. The largest absolute Gasteiger partial charge is 0.0855 e. The zero-order chi connectivity index (χ0) is 8.81. The van der Waals surface area contributed by atoms with Crippen molar-refractivity contribution in [3.05, 3.63) is 47.5 Å². The van der Waals surface area contributed by atoms with Crippen molar-refractivity contribution in [2.75, 3.05) is 0 Å². The third-order valence-electron chi connectivity index (χ3n) is 1.80. The molecule has 0 aromatic heterocycles. The molecule has 0 heterocycles. The second-order valence-electron chi connectivity index (χ2n) is 3.02. The molecule has 0 atom stereocenters. The van der Waals surface area contributed by atoms with Gasteiger partial charge in [0.25, 0.3) is 0 Å². The number of benzene rings is 1. The van der Waals surface area contributed by atoms with Crippen molar-refractivity contribution in [2.24, 2.45) is 0 Å². The zero-order valence-electron chi connectivity index (χ0n) is 7.80. The van der Waals surface area contributed by atoms with Gasteiger partial charge in [-0.2, -0.15) is 0 Å². The Balaban J connectivity index is 2.58. The van der Waals surface area contributed by atoms with Crippen LogP contribution >= 0.6 is 0 Å². The minimum Gasteiger partial charge on any atom is -0.0855 e. The van der Waals surface area contributed by atoms with E-state index in [4.69, 9.17) is 0 Å². The van der Waals surface area contributed by atoms with Crippen LogP contribution in [0.3, 0.4) is 0 Å². The van der Waals surface area contributed by atoms with Crippen LogP contribution in [0, 0.1) is 6.07 Å². The molecule has 0 aliphatic carbocycles. The van der Waals surface area contributed by atoms with Gasteiger partial charge in [-0.05, 0) is 31.4 Å². The molecule has 0 bridgehead atoms. The van der Waals surface area contributed by atoms with E-state index < -0.39 is 0 Å². The summed E-state index contributed by atoms with van der Waals surface area (Å²) in [4.78, 5) is 0. The number of hydrogen-bond donors (Lipinski definition) is 0. The highest BCUT2D eigenvalue weighted by molar-refractivity contribution is 5.19. The van der Waals surface area contributed by atoms with Crippen LogP contribution in [0.15, 0.2) is 35.9 Å². The van der Waals surface area contributed by atoms with Crippen LogP contribution in [-0.4, -0.2) is 0 Å². The zero-order valence-corrected chi connectivity index (χ0v) is 7.80. The van der Waals surface area contributed by atoms with E-state index in [1.165, 1.54) is 11.1 Å². The highest BCUT2D eigenvalue weighted by atomic mass is 14.0. The fourth-order valence-electron chi connectivity index (χ4n) is 1.26. The second kappa shape index (κ2) is 4.76. The van der Waals surface area contributed by atoms with Gasteiger partial charge >= 0.3 is 0 Å². The minimum atomic E-state index is 1.04. The molecule has 0 spiro atoms. The van der Waals surface area contributed by atoms with Gasteiger partial charge < -0.3 is 0 Å². The van der Waals surface area contributed by atoms with Crippen LogP contribution in [0.2, 0.25) is 0 Å². The Morgan fingerprint density at radius 1 is 1.50 bits per heavy atom. The highest BCUT2D eigenvalue weighted by Crippen LogP contribution is 2.06. The summed E-state index contributed by atoms with van der Waals surface area (Å²) >= 11 is 0. The predicted molar refractivity (Wildman–Crippen MR) is 53.0 cm³/mol. The first-order valence-electron chi connectivity index (χ1n) is 4.44. The molecule has 0 aliphatic heterocycles. The molecule has 1 radical (unpaired) electrons. The first kappa shape index (κ1) is 9.05. The SMILES string of the molecule is CCC=C(C)Cc1[c]cccc1. The lowest BCUT2D eigenvalue weighted by molar-refractivity contribution is 1.09. The quantitative estimate of drug-likeness (QED) is 0.593. The van der Waals surface area contributed by atoms with Crippen molar-refractivity contribution in [2.45, 2.75) is 26.7 Å². The third kappa shape index (κ3) is 2.91. The normalized spacial score (nSPS) is 11.7. The molecule has 0 nitrogen and oxygen atoms in total. The van der Waals surface area contributed by atoms with Crippen LogP contribution in [0.1, 0.15) is 25.8 Å². The Morgan fingerprint density at radius 3 is 2.92 bits per heavy atom. The molecule has 0 N–H and O–H groups in total. The van der Waals surface area contributed by atoms with Crippen LogP contribution in [-0.2, 0) is 6.42 Å². The maximum absolute atomic E-state index is 3.22. The summed E-state index contributed by atoms with van der Waals surface area (Å²) in [6.07, 6.45) is 4.42. The smallest absolute Gasteiger partial charge is 0.00637 e. The van der Waals surface area contributed by atoms with Gasteiger partial charge in [-0.1, -0.05) is 42.8 Å². The van der Waals surface area contributed by atoms with Crippen LogP contribution in [0.4, 0.5) is 0 Å². The lowest BCUT2D eigenvalue weighted by atomic mass is 10.1. The Bertz CT molecular complexity index is 244. The van der Waals surface area contributed by atoms with Crippen molar-refractivity contribution in [3.8, 4) is 0 Å². The molecular weight excluding hydrogens is 144 g/mol. The average molecular weight is 159 g/mol. The molecule has 1 aromatic rings. The molecule has 0 aliphatic rings. The summed E-state index contributed by atoms with van der Waals surface area (Å²) < 4.78 is 0. The fourth-order valence-corrected chi connectivity index (χ4v) is 1.26. The van der Waals surface area contributed by atoms with Crippen molar-refractivity contribution >= 4 is 0 Å². The lowest BCUT2D eigenvalue weighted by Gasteiger charge is -1.99. The van der Waals surface area contributed by atoms with Crippen molar-refractivity contribution in [3.63, 3.8) is 0 Å². The summed E-state index contributed by atoms with van der Waals surface area (Å²) in [6.45, 7) is 4.34. The van der Waals surface area contributed by atoms with E-state index in [1.54, 1.807) is 0 Å². The molecule has 0 heteroatoms. The second-order valence-corrected chi connectivity index (χ2v) is 3.02. The number of rotatable bonds is 3. The molecule has 1 aromatic carbocycles.